The van der Waals surface area contributed by atoms with E-state index in [9.17, 15) is 5.11 Å². The lowest BCUT2D eigenvalue weighted by molar-refractivity contribution is 0.113. The van der Waals surface area contributed by atoms with Gasteiger partial charge in [-0.15, -0.1) is 0 Å². The smallest absolute Gasteiger partial charge is 0.0574 e. The van der Waals surface area contributed by atoms with Crippen molar-refractivity contribution in [1.29, 1.82) is 0 Å². The first-order valence-corrected chi connectivity index (χ1v) is 4.76. The van der Waals surface area contributed by atoms with Crippen LogP contribution in [0.15, 0.2) is 0 Å². The van der Waals surface area contributed by atoms with Crippen molar-refractivity contribution >= 4 is 0 Å². The highest BCUT2D eigenvalue weighted by molar-refractivity contribution is 5.13. The molecule has 64 valence electrons. The summed E-state index contributed by atoms with van der Waals surface area (Å²) in [5.41, 5.74) is 0.554. The Balaban J connectivity index is 2.13. The Labute approximate surface area is 68.8 Å². The van der Waals surface area contributed by atoms with Gasteiger partial charge in [-0.1, -0.05) is 20.8 Å². The van der Waals surface area contributed by atoms with E-state index in [-0.39, 0.29) is 6.10 Å². The fraction of sp³-hybridized carbons (Fsp3) is 1.00. The summed E-state index contributed by atoms with van der Waals surface area (Å²) >= 11 is 0. The molecule has 1 N–H and O–H groups in total. The van der Waals surface area contributed by atoms with Gasteiger partial charge in [0.25, 0.3) is 0 Å². The van der Waals surface area contributed by atoms with Crippen molar-refractivity contribution < 1.29 is 5.11 Å². The van der Waals surface area contributed by atoms with Gasteiger partial charge in [0.15, 0.2) is 0 Å². The molecule has 4 atom stereocenters. The molecule has 0 saturated heterocycles. The van der Waals surface area contributed by atoms with Crippen LogP contribution in [-0.2, 0) is 0 Å². The zero-order chi connectivity index (χ0) is 8.22. The Morgan fingerprint density at radius 2 is 2.00 bits per heavy atom. The number of hydrogen-bond acceptors (Lipinski definition) is 1. The molecule has 2 unspecified atom stereocenters. The summed E-state index contributed by atoms with van der Waals surface area (Å²) in [5, 5.41) is 9.61. The first-order chi connectivity index (χ1) is 5.08. The molecule has 2 rings (SSSR count). The van der Waals surface area contributed by atoms with Gasteiger partial charge in [-0.3, -0.25) is 0 Å². The molecule has 0 aromatic rings. The number of rotatable bonds is 1. The molecule has 2 saturated carbocycles. The van der Waals surface area contributed by atoms with Gasteiger partial charge in [-0.25, -0.2) is 0 Å². The van der Waals surface area contributed by atoms with Gasteiger partial charge in [-0.2, -0.15) is 0 Å². The average Bonchev–Trinajstić information content (AvgIpc) is 2.57. The zero-order valence-electron chi connectivity index (χ0n) is 7.67. The van der Waals surface area contributed by atoms with Crippen LogP contribution in [0.4, 0.5) is 0 Å². The molecule has 2 aliphatic rings. The third-order valence-corrected chi connectivity index (χ3v) is 4.16. The van der Waals surface area contributed by atoms with Crippen LogP contribution in [0.2, 0.25) is 0 Å². The van der Waals surface area contributed by atoms with Crippen molar-refractivity contribution in [2.45, 2.75) is 39.7 Å². The van der Waals surface area contributed by atoms with Gasteiger partial charge >= 0.3 is 0 Å². The minimum Gasteiger partial charge on any atom is -0.393 e. The molecule has 0 spiro atoms. The highest BCUT2D eigenvalue weighted by Gasteiger charge is 2.64. The minimum atomic E-state index is -0.00356. The molecule has 2 aliphatic carbocycles. The van der Waals surface area contributed by atoms with Gasteiger partial charge in [0, 0.05) is 0 Å². The third-order valence-electron chi connectivity index (χ3n) is 4.16. The van der Waals surface area contributed by atoms with Crippen LogP contribution < -0.4 is 0 Å². The number of aliphatic hydroxyl groups is 1. The van der Waals surface area contributed by atoms with E-state index >= 15 is 0 Å². The maximum atomic E-state index is 9.61. The van der Waals surface area contributed by atoms with Crippen molar-refractivity contribution in [2.24, 2.45) is 23.2 Å². The zero-order valence-corrected chi connectivity index (χ0v) is 7.67. The van der Waals surface area contributed by atoms with E-state index < -0.39 is 0 Å². The van der Waals surface area contributed by atoms with E-state index in [1.807, 2.05) is 0 Å². The molecule has 2 fully saturated rings. The van der Waals surface area contributed by atoms with Crippen LogP contribution in [0.25, 0.3) is 0 Å². The first-order valence-electron chi connectivity index (χ1n) is 4.76. The summed E-state index contributed by atoms with van der Waals surface area (Å²) < 4.78 is 0. The van der Waals surface area contributed by atoms with Crippen molar-refractivity contribution in [3.05, 3.63) is 0 Å². The van der Waals surface area contributed by atoms with Crippen molar-refractivity contribution in [1.82, 2.24) is 0 Å². The Bertz CT molecular complexity index is 176. The van der Waals surface area contributed by atoms with E-state index in [4.69, 9.17) is 0 Å². The fourth-order valence-corrected chi connectivity index (χ4v) is 3.04. The lowest BCUT2D eigenvalue weighted by atomic mass is 9.89. The van der Waals surface area contributed by atoms with Gasteiger partial charge in [0.2, 0.25) is 0 Å². The quantitative estimate of drug-likeness (QED) is 0.613. The summed E-state index contributed by atoms with van der Waals surface area (Å²) in [6, 6.07) is 0. The monoisotopic (exact) mass is 154 g/mol. The van der Waals surface area contributed by atoms with Crippen molar-refractivity contribution in [3.63, 3.8) is 0 Å². The fourth-order valence-electron chi connectivity index (χ4n) is 3.04. The van der Waals surface area contributed by atoms with Gasteiger partial charge < -0.3 is 5.11 Å². The minimum absolute atomic E-state index is 0.00356. The molecule has 0 aliphatic heterocycles. The average molecular weight is 154 g/mol. The predicted octanol–water partition coefficient (Wildman–Crippen LogP) is 2.05. The van der Waals surface area contributed by atoms with E-state index in [1.54, 1.807) is 0 Å². The Kier molecular flexibility index (Phi) is 1.39. The molecule has 1 nitrogen and oxygen atoms in total. The SMILES string of the molecule is CC(C)C12CC1[C@H](C)[C@H](O)C2. The summed E-state index contributed by atoms with van der Waals surface area (Å²) in [6.07, 6.45) is 2.44. The molecule has 0 heterocycles. The first kappa shape index (κ1) is 7.60. The van der Waals surface area contributed by atoms with Crippen LogP contribution >= 0.6 is 0 Å². The lowest BCUT2D eigenvalue weighted by Crippen LogP contribution is -2.15. The summed E-state index contributed by atoms with van der Waals surface area (Å²) in [4.78, 5) is 0. The normalized spacial score (nSPS) is 54.8. The van der Waals surface area contributed by atoms with Crippen LogP contribution in [0, 0.1) is 23.2 Å². The van der Waals surface area contributed by atoms with Crippen LogP contribution in [0.3, 0.4) is 0 Å². The van der Waals surface area contributed by atoms with Crippen LogP contribution in [0.1, 0.15) is 33.6 Å². The molecule has 0 aromatic carbocycles. The van der Waals surface area contributed by atoms with Gasteiger partial charge in [0.1, 0.15) is 0 Å². The maximum absolute atomic E-state index is 9.61. The topological polar surface area (TPSA) is 20.2 Å². The van der Waals surface area contributed by atoms with Crippen LogP contribution in [0.5, 0.6) is 0 Å². The molecule has 0 radical (unpaired) electrons. The second-order valence-electron chi connectivity index (χ2n) is 4.83. The third kappa shape index (κ3) is 0.807. The second-order valence-corrected chi connectivity index (χ2v) is 4.83. The lowest BCUT2D eigenvalue weighted by Gasteiger charge is -2.17. The van der Waals surface area contributed by atoms with Crippen LogP contribution in [-0.4, -0.2) is 11.2 Å². The standard InChI is InChI=1S/C10H18O/c1-6(2)10-4-8(10)7(3)9(11)5-10/h6-9,11H,4-5H2,1-3H3/t7-,8?,9+,10?/m0/s1. The molecule has 0 aromatic heterocycles. The molecular formula is C10H18O. The number of hydrogen-bond donors (Lipinski definition) is 1. The van der Waals surface area contributed by atoms with E-state index in [0.717, 1.165) is 18.3 Å². The number of fused-ring (bicyclic) bond motifs is 1. The van der Waals surface area contributed by atoms with Crippen molar-refractivity contribution in [3.8, 4) is 0 Å². The molecular weight excluding hydrogens is 136 g/mol. The van der Waals surface area contributed by atoms with E-state index in [2.05, 4.69) is 20.8 Å². The Hall–Kier alpha value is -0.0400. The Morgan fingerprint density at radius 3 is 2.27 bits per heavy atom. The largest absolute Gasteiger partial charge is 0.393 e. The highest BCUT2D eigenvalue weighted by atomic mass is 16.3. The summed E-state index contributed by atoms with van der Waals surface area (Å²) in [5.74, 6) is 2.18. The highest BCUT2D eigenvalue weighted by Crippen LogP contribution is 2.69. The summed E-state index contributed by atoms with van der Waals surface area (Å²) in [7, 11) is 0. The van der Waals surface area contributed by atoms with Crippen molar-refractivity contribution in [2.75, 3.05) is 0 Å². The second kappa shape index (κ2) is 2.01. The Morgan fingerprint density at radius 1 is 1.36 bits per heavy atom. The molecule has 0 amide bonds. The van der Waals surface area contributed by atoms with Gasteiger partial charge in [-0.05, 0) is 36.0 Å². The predicted molar refractivity (Wildman–Crippen MR) is 45.2 cm³/mol. The number of aliphatic hydroxyl groups excluding tert-OH is 1. The van der Waals surface area contributed by atoms with E-state index in [1.165, 1.54) is 6.42 Å². The van der Waals surface area contributed by atoms with Gasteiger partial charge in [0.05, 0.1) is 6.10 Å². The molecule has 0 bridgehead atoms. The van der Waals surface area contributed by atoms with E-state index in [0.29, 0.717) is 11.3 Å². The molecule has 1 heteroatoms. The maximum Gasteiger partial charge on any atom is 0.0574 e. The molecule has 11 heavy (non-hydrogen) atoms. The summed E-state index contributed by atoms with van der Waals surface area (Å²) in [6.45, 7) is 6.79.